The Hall–Kier alpha value is -1.79. The monoisotopic (exact) mass is 311 g/mol. The van der Waals surface area contributed by atoms with E-state index < -0.39 is 5.97 Å². The van der Waals surface area contributed by atoms with Crippen molar-refractivity contribution in [1.29, 1.82) is 0 Å². The highest BCUT2D eigenvalue weighted by Gasteiger charge is 2.23. The molecule has 1 aliphatic rings. The van der Waals surface area contributed by atoms with Gasteiger partial charge in [0.15, 0.2) is 0 Å². The van der Waals surface area contributed by atoms with Crippen molar-refractivity contribution in [3.8, 4) is 0 Å². The van der Waals surface area contributed by atoms with Crippen LogP contribution in [0, 0.1) is 0 Å². The van der Waals surface area contributed by atoms with E-state index in [1.54, 1.807) is 31.2 Å². The first-order chi connectivity index (χ1) is 10.2. The molecule has 2 rings (SSSR count). The van der Waals surface area contributed by atoms with E-state index >= 15 is 0 Å². The van der Waals surface area contributed by atoms with Crippen LogP contribution in [0.1, 0.15) is 6.92 Å². The lowest BCUT2D eigenvalue weighted by Gasteiger charge is -2.28. The van der Waals surface area contributed by atoms with Crippen molar-refractivity contribution in [1.82, 2.24) is 4.90 Å². The van der Waals surface area contributed by atoms with Crippen LogP contribution in [0.5, 0.6) is 0 Å². The van der Waals surface area contributed by atoms with Crippen LogP contribution < -0.4 is 5.43 Å². The average Bonchev–Trinajstić information content (AvgIpc) is 2.51. The minimum atomic E-state index is -0.444. The van der Waals surface area contributed by atoms with Crippen molar-refractivity contribution in [2.45, 2.75) is 6.92 Å². The first kappa shape index (κ1) is 15.6. The lowest BCUT2D eigenvalue weighted by molar-refractivity contribution is -0.136. The highest BCUT2D eigenvalue weighted by Crippen LogP contribution is 2.13. The SMILES string of the molecule is CCOC(=O)/C(=N\Nc1ccc(Cl)cc1)N1CCOCC1. The van der Waals surface area contributed by atoms with Gasteiger partial charge < -0.3 is 14.4 Å². The molecule has 0 saturated carbocycles. The lowest BCUT2D eigenvalue weighted by Crippen LogP contribution is -2.45. The van der Waals surface area contributed by atoms with Gasteiger partial charge in [-0.15, -0.1) is 5.10 Å². The zero-order chi connectivity index (χ0) is 15.1. The van der Waals surface area contributed by atoms with E-state index in [1.165, 1.54) is 0 Å². The van der Waals surface area contributed by atoms with Gasteiger partial charge in [-0.1, -0.05) is 11.6 Å². The summed E-state index contributed by atoms with van der Waals surface area (Å²) in [5.74, 6) is -0.184. The number of nitrogens with zero attached hydrogens (tertiary/aromatic N) is 2. The number of ether oxygens (including phenoxy) is 2. The highest BCUT2D eigenvalue weighted by atomic mass is 35.5. The minimum absolute atomic E-state index is 0.259. The number of rotatable bonds is 3. The summed E-state index contributed by atoms with van der Waals surface area (Å²) in [7, 11) is 0. The zero-order valence-corrected chi connectivity index (χ0v) is 12.6. The summed E-state index contributed by atoms with van der Waals surface area (Å²) in [5.41, 5.74) is 3.60. The van der Waals surface area contributed by atoms with Crippen LogP contribution in [-0.4, -0.2) is 49.6 Å². The molecule has 0 atom stereocenters. The van der Waals surface area contributed by atoms with Gasteiger partial charge >= 0.3 is 5.97 Å². The van der Waals surface area contributed by atoms with Crippen LogP contribution in [0.4, 0.5) is 5.69 Å². The van der Waals surface area contributed by atoms with Crippen molar-refractivity contribution in [3.05, 3.63) is 29.3 Å². The molecule has 1 aliphatic heterocycles. The normalized spacial score (nSPS) is 15.7. The Morgan fingerprint density at radius 3 is 2.67 bits per heavy atom. The lowest BCUT2D eigenvalue weighted by atomic mass is 10.3. The van der Waals surface area contributed by atoms with Gasteiger partial charge in [-0.3, -0.25) is 5.43 Å². The molecule has 1 saturated heterocycles. The maximum atomic E-state index is 12.0. The first-order valence-corrected chi connectivity index (χ1v) is 7.17. The van der Waals surface area contributed by atoms with Gasteiger partial charge in [0.25, 0.3) is 0 Å². The summed E-state index contributed by atoms with van der Waals surface area (Å²) in [5, 5.41) is 4.83. The number of nitrogens with one attached hydrogen (secondary N) is 1. The fraction of sp³-hybridized carbons (Fsp3) is 0.429. The Bertz CT molecular complexity index is 499. The van der Waals surface area contributed by atoms with Gasteiger partial charge in [0, 0.05) is 18.1 Å². The molecule has 7 heteroatoms. The van der Waals surface area contributed by atoms with Crippen LogP contribution in [0.3, 0.4) is 0 Å². The molecule has 1 fully saturated rings. The quantitative estimate of drug-likeness (QED) is 0.400. The van der Waals surface area contributed by atoms with Gasteiger partial charge in [0.05, 0.1) is 25.5 Å². The summed E-state index contributed by atoms with van der Waals surface area (Å²) in [6, 6.07) is 7.07. The Labute approximate surface area is 128 Å². The Morgan fingerprint density at radius 2 is 2.05 bits per heavy atom. The summed E-state index contributed by atoms with van der Waals surface area (Å²) in [4.78, 5) is 13.9. The number of morpholine rings is 1. The summed E-state index contributed by atoms with van der Waals surface area (Å²) < 4.78 is 10.3. The number of hydrogen-bond acceptors (Lipinski definition) is 5. The molecule has 21 heavy (non-hydrogen) atoms. The highest BCUT2D eigenvalue weighted by molar-refractivity contribution is 6.35. The van der Waals surface area contributed by atoms with E-state index in [4.69, 9.17) is 21.1 Å². The molecule has 1 N–H and O–H groups in total. The molecule has 114 valence electrons. The van der Waals surface area contributed by atoms with Gasteiger partial charge in [-0.2, -0.15) is 0 Å². The Kier molecular flexibility index (Phi) is 5.83. The molecule has 1 aromatic carbocycles. The molecule has 1 aromatic rings. The third-order valence-electron chi connectivity index (χ3n) is 2.90. The summed E-state index contributed by atoms with van der Waals surface area (Å²) in [6.45, 7) is 4.43. The number of hydrazone groups is 1. The fourth-order valence-electron chi connectivity index (χ4n) is 1.86. The number of carbonyl (C=O) groups is 1. The molecular weight excluding hydrogens is 294 g/mol. The second-order valence-corrected chi connectivity index (χ2v) is 4.81. The summed E-state index contributed by atoms with van der Waals surface area (Å²) in [6.07, 6.45) is 0. The second-order valence-electron chi connectivity index (χ2n) is 4.37. The van der Waals surface area contributed by atoms with E-state index in [1.807, 2.05) is 4.90 Å². The molecular formula is C14H18ClN3O3. The van der Waals surface area contributed by atoms with Gasteiger partial charge in [-0.05, 0) is 31.2 Å². The van der Waals surface area contributed by atoms with Crippen molar-refractivity contribution >= 4 is 29.1 Å². The molecule has 6 nitrogen and oxygen atoms in total. The molecule has 0 radical (unpaired) electrons. The van der Waals surface area contributed by atoms with Crippen LogP contribution in [0.2, 0.25) is 5.02 Å². The third-order valence-corrected chi connectivity index (χ3v) is 3.16. The largest absolute Gasteiger partial charge is 0.460 e. The second kappa shape index (κ2) is 7.85. The molecule has 1 heterocycles. The van der Waals surface area contributed by atoms with Crippen LogP contribution in [0.25, 0.3) is 0 Å². The molecule has 0 bridgehead atoms. The minimum Gasteiger partial charge on any atom is -0.460 e. The fourth-order valence-corrected chi connectivity index (χ4v) is 1.98. The predicted molar refractivity (Wildman–Crippen MR) is 81.5 cm³/mol. The van der Waals surface area contributed by atoms with E-state index in [-0.39, 0.29) is 5.84 Å². The van der Waals surface area contributed by atoms with Crippen molar-refractivity contribution in [2.24, 2.45) is 5.10 Å². The zero-order valence-electron chi connectivity index (χ0n) is 11.8. The Morgan fingerprint density at radius 1 is 1.38 bits per heavy atom. The topological polar surface area (TPSA) is 63.2 Å². The van der Waals surface area contributed by atoms with E-state index in [2.05, 4.69) is 10.5 Å². The number of amidine groups is 1. The number of hydrogen-bond donors (Lipinski definition) is 1. The number of anilines is 1. The van der Waals surface area contributed by atoms with Crippen LogP contribution in [0.15, 0.2) is 29.4 Å². The maximum Gasteiger partial charge on any atom is 0.375 e. The van der Waals surface area contributed by atoms with Crippen molar-refractivity contribution in [3.63, 3.8) is 0 Å². The number of halogens is 1. The van der Waals surface area contributed by atoms with Gasteiger partial charge in [-0.25, -0.2) is 4.79 Å². The van der Waals surface area contributed by atoms with Crippen molar-refractivity contribution < 1.29 is 14.3 Å². The van der Waals surface area contributed by atoms with Crippen LogP contribution in [-0.2, 0) is 14.3 Å². The Balaban J connectivity index is 2.11. The summed E-state index contributed by atoms with van der Waals surface area (Å²) >= 11 is 5.83. The number of esters is 1. The standard InChI is InChI=1S/C14H18ClN3O3/c1-2-21-14(19)13(18-7-9-20-10-8-18)17-16-12-5-3-11(15)4-6-12/h3-6,16H,2,7-10H2,1H3/b17-13+. The molecule has 0 spiro atoms. The molecule has 0 amide bonds. The smallest absolute Gasteiger partial charge is 0.375 e. The first-order valence-electron chi connectivity index (χ1n) is 6.80. The number of carbonyl (C=O) groups excluding carboxylic acids is 1. The molecule has 0 aliphatic carbocycles. The molecule has 0 aromatic heterocycles. The van der Waals surface area contributed by atoms with Gasteiger partial charge in [0.1, 0.15) is 0 Å². The van der Waals surface area contributed by atoms with E-state index in [0.717, 1.165) is 5.69 Å². The maximum absolute atomic E-state index is 12.0. The van der Waals surface area contributed by atoms with E-state index in [9.17, 15) is 4.79 Å². The molecule has 0 unspecified atom stereocenters. The third kappa shape index (κ3) is 4.61. The van der Waals surface area contributed by atoms with E-state index in [0.29, 0.717) is 37.9 Å². The predicted octanol–water partition coefficient (Wildman–Crippen LogP) is 1.96. The van der Waals surface area contributed by atoms with Gasteiger partial charge in [0.2, 0.25) is 5.84 Å². The van der Waals surface area contributed by atoms with Crippen LogP contribution >= 0.6 is 11.6 Å². The average molecular weight is 312 g/mol. The number of benzene rings is 1. The van der Waals surface area contributed by atoms with Crippen molar-refractivity contribution in [2.75, 3.05) is 38.3 Å².